The van der Waals surface area contributed by atoms with E-state index in [1.165, 1.54) is 0 Å². The van der Waals surface area contributed by atoms with E-state index >= 15 is 0 Å². The lowest BCUT2D eigenvalue weighted by atomic mass is 10.2. The lowest BCUT2D eigenvalue weighted by molar-refractivity contribution is -0.119. The molecule has 1 aliphatic rings. The molecule has 0 bridgehead atoms. The van der Waals surface area contributed by atoms with Crippen LogP contribution in [0.25, 0.3) is 0 Å². The van der Waals surface area contributed by atoms with E-state index in [9.17, 15) is 4.79 Å². The van der Waals surface area contributed by atoms with Crippen molar-refractivity contribution in [1.82, 2.24) is 10.1 Å². The van der Waals surface area contributed by atoms with Gasteiger partial charge in [0.25, 0.3) is 0 Å². The quantitative estimate of drug-likeness (QED) is 0.704. The lowest BCUT2D eigenvalue weighted by Gasteiger charge is -1.92. The largest absolute Gasteiger partial charge is 0.374 e. The number of ether oxygens (including phenoxy) is 1. The number of rotatable bonds is 6. The first kappa shape index (κ1) is 10.3. The molecule has 0 amide bonds. The predicted molar refractivity (Wildman–Crippen MR) is 51.1 cm³/mol. The normalized spacial score (nSPS) is 15.5. The molecular weight excluding hydrogens is 196 g/mol. The monoisotopic (exact) mass is 210 g/mol. The van der Waals surface area contributed by atoms with Crippen LogP contribution in [0.4, 0.5) is 0 Å². The van der Waals surface area contributed by atoms with Crippen molar-refractivity contribution in [2.45, 2.75) is 32.8 Å². The fourth-order valence-electron chi connectivity index (χ4n) is 1.31. The molecule has 0 atom stereocenters. The van der Waals surface area contributed by atoms with Crippen molar-refractivity contribution in [3.8, 4) is 0 Å². The van der Waals surface area contributed by atoms with Crippen LogP contribution in [0.5, 0.6) is 0 Å². The number of hydrogen-bond acceptors (Lipinski definition) is 5. The van der Waals surface area contributed by atoms with Gasteiger partial charge in [-0.05, 0) is 19.8 Å². The van der Waals surface area contributed by atoms with Crippen molar-refractivity contribution in [3.63, 3.8) is 0 Å². The van der Waals surface area contributed by atoms with Crippen LogP contribution in [0.3, 0.4) is 0 Å². The van der Waals surface area contributed by atoms with Gasteiger partial charge in [-0.3, -0.25) is 4.79 Å². The molecule has 1 aromatic heterocycles. The summed E-state index contributed by atoms with van der Waals surface area (Å²) in [7, 11) is 0. The molecule has 0 spiro atoms. The first-order valence-corrected chi connectivity index (χ1v) is 5.21. The van der Waals surface area contributed by atoms with Gasteiger partial charge in [0.1, 0.15) is 12.4 Å². The molecule has 0 radical (unpaired) electrons. The molecule has 5 heteroatoms. The molecule has 1 aromatic rings. The van der Waals surface area contributed by atoms with Gasteiger partial charge < -0.3 is 9.26 Å². The highest BCUT2D eigenvalue weighted by atomic mass is 16.5. The van der Waals surface area contributed by atoms with Gasteiger partial charge in [0.05, 0.1) is 6.42 Å². The fraction of sp³-hybridized carbons (Fsp3) is 0.700. The Morgan fingerprint density at radius 1 is 1.60 bits per heavy atom. The van der Waals surface area contributed by atoms with Gasteiger partial charge >= 0.3 is 0 Å². The summed E-state index contributed by atoms with van der Waals surface area (Å²) in [5.41, 5.74) is 0. The Bertz CT molecular complexity index is 344. The topological polar surface area (TPSA) is 65.2 Å². The van der Waals surface area contributed by atoms with Crippen LogP contribution >= 0.6 is 0 Å². The van der Waals surface area contributed by atoms with Crippen LogP contribution < -0.4 is 0 Å². The minimum atomic E-state index is 0.210. The Hall–Kier alpha value is -1.23. The molecule has 1 saturated carbocycles. The van der Waals surface area contributed by atoms with Crippen molar-refractivity contribution in [2.24, 2.45) is 5.92 Å². The van der Waals surface area contributed by atoms with Gasteiger partial charge in [-0.1, -0.05) is 5.16 Å². The van der Waals surface area contributed by atoms with Crippen LogP contribution in [0.2, 0.25) is 0 Å². The first-order chi connectivity index (χ1) is 7.29. The molecule has 1 aliphatic carbocycles. The summed E-state index contributed by atoms with van der Waals surface area (Å²) in [4.78, 5) is 15.5. The lowest BCUT2D eigenvalue weighted by Crippen LogP contribution is -2.05. The van der Waals surface area contributed by atoms with Crippen LogP contribution in [-0.2, 0) is 22.6 Å². The maximum absolute atomic E-state index is 11.4. The molecule has 0 unspecified atom stereocenters. The molecule has 0 aliphatic heterocycles. The van der Waals surface area contributed by atoms with E-state index in [0.29, 0.717) is 24.9 Å². The fourth-order valence-corrected chi connectivity index (χ4v) is 1.31. The average Bonchev–Trinajstić information content (AvgIpc) is 2.99. The zero-order valence-corrected chi connectivity index (χ0v) is 8.73. The van der Waals surface area contributed by atoms with Gasteiger partial charge in [-0.25, -0.2) is 0 Å². The number of carbonyl (C=O) groups is 1. The zero-order chi connectivity index (χ0) is 10.7. The van der Waals surface area contributed by atoms with Crippen molar-refractivity contribution >= 4 is 5.78 Å². The van der Waals surface area contributed by atoms with E-state index in [0.717, 1.165) is 12.8 Å². The van der Waals surface area contributed by atoms with Crippen molar-refractivity contribution in [2.75, 3.05) is 6.61 Å². The van der Waals surface area contributed by atoms with Gasteiger partial charge in [-0.2, -0.15) is 4.98 Å². The van der Waals surface area contributed by atoms with Gasteiger partial charge in [0.15, 0.2) is 5.82 Å². The molecule has 1 fully saturated rings. The summed E-state index contributed by atoms with van der Waals surface area (Å²) >= 11 is 0. The third kappa shape index (κ3) is 2.86. The van der Waals surface area contributed by atoms with Gasteiger partial charge in [0.2, 0.25) is 5.89 Å². The zero-order valence-electron chi connectivity index (χ0n) is 8.73. The maximum atomic E-state index is 11.4. The Morgan fingerprint density at radius 3 is 3.07 bits per heavy atom. The van der Waals surface area contributed by atoms with Crippen LogP contribution in [-0.4, -0.2) is 22.5 Å². The third-order valence-electron chi connectivity index (χ3n) is 2.30. The van der Waals surface area contributed by atoms with Crippen LogP contribution in [0.15, 0.2) is 4.52 Å². The van der Waals surface area contributed by atoms with Crippen LogP contribution in [0, 0.1) is 5.92 Å². The predicted octanol–water partition coefficient (Wildman–Crippen LogP) is 1.13. The highest BCUT2D eigenvalue weighted by Gasteiger charge is 2.30. The molecule has 2 rings (SSSR count). The molecule has 82 valence electrons. The molecular formula is C10H14N2O3. The molecule has 0 saturated heterocycles. The Kier molecular flexibility index (Phi) is 3.11. The standard InChI is InChI=1S/C10H14N2O3/c1-2-14-6-9-11-10(15-12-9)5-8(13)7-3-4-7/h7H,2-6H2,1H3. The third-order valence-corrected chi connectivity index (χ3v) is 2.30. The average molecular weight is 210 g/mol. The van der Waals surface area contributed by atoms with Crippen LogP contribution in [0.1, 0.15) is 31.5 Å². The minimum Gasteiger partial charge on any atom is -0.374 e. The Balaban J connectivity index is 1.85. The molecule has 0 N–H and O–H groups in total. The SMILES string of the molecule is CCOCc1noc(CC(=O)C2CC2)n1. The van der Waals surface area contributed by atoms with Crippen molar-refractivity contribution < 1.29 is 14.1 Å². The van der Waals surface area contributed by atoms with Crippen molar-refractivity contribution in [3.05, 3.63) is 11.7 Å². The summed E-state index contributed by atoms with van der Waals surface area (Å²) in [6.45, 7) is 2.86. The molecule has 15 heavy (non-hydrogen) atoms. The maximum Gasteiger partial charge on any atom is 0.234 e. The second-order valence-corrected chi connectivity index (χ2v) is 3.66. The Morgan fingerprint density at radius 2 is 2.40 bits per heavy atom. The number of nitrogens with zero attached hydrogens (tertiary/aromatic N) is 2. The van der Waals surface area contributed by atoms with E-state index in [2.05, 4.69) is 10.1 Å². The molecule has 0 aromatic carbocycles. The van der Waals surface area contributed by atoms with E-state index < -0.39 is 0 Å². The molecule has 1 heterocycles. The summed E-state index contributed by atoms with van der Waals surface area (Å²) in [5.74, 6) is 1.37. The number of carbonyl (C=O) groups excluding carboxylic acids is 1. The summed E-state index contributed by atoms with van der Waals surface area (Å²) in [6.07, 6.45) is 2.29. The highest BCUT2D eigenvalue weighted by molar-refractivity contribution is 5.84. The Labute approximate surface area is 87.8 Å². The minimum absolute atomic E-state index is 0.210. The van der Waals surface area contributed by atoms with Gasteiger partial charge in [-0.15, -0.1) is 0 Å². The number of Topliss-reactive ketones (excluding diaryl/α,β-unsaturated/α-hetero) is 1. The van der Waals surface area contributed by atoms with E-state index in [4.69, 9.17) is 9.26 Å². The van der Waals surface area contributed by atoms with E-state index in [1.807, 2.05) is 6.92 Å². The number of aromatic nitrogens is 2. The highest BCUT2D eigenvalue weighted by Crippen LogP contribution is 2.30. The van der Waals surface area contributed by atoms with Gasteiger partial charge in [0, 0.05) is 12.5 Å². The van der Waals surface area contributed by atoms with Crippen molar-refractivity contribution in [1.29, 1.82) is 0 Å². The summed E-state index contributed by atoms with van der Waals surface area (Å²) in [6, 6.07) is 0. The van der Waals surface area contributed by atoms with E-state index in [1.54, 1.807) is 0 Å². The summed E-state index contributed by atoms with van der Waals surface area (Å²) in [5, 5.41) is 3.72. The molecule has 5 nitrogen and oxygen atoms in total. The van der Waals surface area contributed by atoms with E-state index in [-0.39, 0.29) is 18.1 Å². The number of ketones is 1. The second kappa shape index (κ2) is 4.53. The number of hydrogen-bond donors (Lipinski definition) is 0. The first-order valence-electron chi connectivity index (χ1n) is 5.21. The smallest absolute Gasteiger partial charge is 0.234 e. The summed E-state index contributed by atoms with van der Waals surface area (Å²) < 4.78 is 10.1. The second-order valence-electron chi connectivity index (χ2n) is 3.66.